The van der Waals surface area contributed by atoms with Gasteiger partial charge in [-0.25, -0.2) is 0 Å². The maximum absolute atomic E-state index is 10.9. The van der Waals surface area contributed by atoms with E-state index < -0.39 is 0 Å². The summed E-state index contributed by atoms with van der Waals surface area (Å²) in [5.41, 5.74) is 3.52. The van der Waals surface area contributed by atoms with Crippen molar-refractivity contribution in [2.45, 2.75) is 82.8 Å². The normalized spacial score (nSPS) is 21.0. The van der Waals surface area contributed by atoms with Crippen LogP contribution in [-0.2, 0) is 6.42 Å². The number of anilines is 1. The van der Waals surface area contributed by atoms with Crippen LogP contribution >= 0.6 is 0 Å². The first-order valence-corrected chi connectivity index (χ1v) is 11.9. The fourth-order valence-corrected chi connectivity index (χ4v) is 5.36. The van der Waals surface area contributed by atoms with E-state index in [0.717, 1.165) is 55.6 Å². The highest BCUT2D eigenvalue weighted by atomic mass is 16.5. The maximum Gasteiger partial charge on any atom is 0.125 e. The Morgan fingerprint density at radius 1 is 1.23 bits per heavy atom. The molecule has 4 rings (SSSR count). The molecule has 1 saturated heterocycles. The summed E-state index contributed by atoms with van der Waals surface area (Å²) in [5.74, 6) is 1.34. The predicted molar refractivity (Wildman–Crippen MR) is 125 cm³/mol. The van der Waals surface area contributed by atoms with E-state index in [2.05, 4.69) is 54.3 Å². The topological polar surface area (TPSA) is 56.5 Å². The molecule has 0 radical (unpaired) electrons. The largest absolute Gasteiger partial charge is 0.507 e. The highest BCUT2D eigenvalue weighted by Gasteiger charge is 2.36. The van der Waals surface area contributed by atoms with Gasteiger partial charge in [0.25, 0.3) is 0 Å². The van der Waals surface area contributed by atoms with Gasteiger partial charge in [-0.3, -0.25) is 0 Å². The number of nitriles is 1. The van der Waals surface area contributed by atoms with E-state index in [-0.39, 0.29) is 12.0 Å². The molecule has 2 aromatic carbocycles. The molecule has 1 fully saturated rings. The van der Waals surface area contributed by atoms with E-state index in [1.54, 1.807) is 6.07 Å². The molecule has 164 valence electrons. The van der Waals surface area contributed by atoms with Gasteiger partial charge < -0.3 is 14.7 Å². The zero-order valence-electron chi connectivity index (χ0n) is 18.6. The summed E-state index contributed by atoms with van der Waals surface area (Å²) in [4.78, 5) is 2.48. The quantitative estimate of drug-likeness (QED) is 0.544. The third-order valence-electron chi connectivity index (χ3n) is 6.87. The summed E-state index contributed by atoms with van der Waals surface area (Å²) < 4.78 is 6.26. The van der Waals surface area contributed by atoms with Crippen LogP contribution in [0, 0.1) is 11.3 Å². The Morgan fingerprint density at radius 2 is 2.06 bits per heavy atom. The second-order valence-corrected chi connectivity index (χ2v) is 9.15. The third-order valence-corrected chi connectivity index (χ3v) is 6.87. The van der Waals surface area contributed by atoms with Crippen LogP contribution < -0.4 is 9.64 Å². The van der Waals surface area contributed by atoms with Gasteiger partial charge in [0.15, 0.2) is 0 Å². The lowest BCUT2D eigenvalue weighted by molar-refractivity contribution is 0.207. The first-order valence-electron chi connectivity index (χ1n) is 11.9. The van der Waals surface area contributed by atoms with Gasteiger partial charge >= 0.3 is 0 Å². The van der Waals surface area contributed by atoms with E-state index in [1.807, 2.05) is 0 Å². The Bertz CT molecular complexity index is 905. The Morgan fingerprint density at radius 3 is 2.87 bits per heavy atom. The summed E-state index contributed by atoms with van der Waals surface area (Å²) in [7, 11) is 0. The van der Waals surface area contributed by atoms with Crippen molar-refractivity contribution in [3.05, 3.63) is 53.6 Å². The van der Waals surface area contributed by atoms with Gasteiger partial charge in [0, 0.05) is 42.4 Å². The van der Waals surface area contributed by atoms with Gasteiger partial charge in [-0.2, -0.15) is 5.26 Å². The van der Waals surface area contributed by atoms with Crippen LogP contribution in [-0.4, -0.2) is 23.8 Å². The number of phenols is 1. The van der Waals surface area contributed by atoms with Crippen LogP contribution in [0.5, 0.6) is 11.5 Å². The molecule has 4 heteroatoms. The number of rotatable bonds is 8. The molecule has 0 aromatic heterocycles. The predicted octanol–water partition coefficient (Wildman–Crippen LogP) is 6.33. The molecule has 2 aliphatic heterocycles. The number of benzene rings is 2. The molecule has 0 bridgehead atoms. The summed E-state index contributed by atoms with van der Waals surface area (Å²) in [6.07, 6.45) is 9.25. The van der Waals surface area contributed by atoms with Gasteiger partial charge in [-0.05, 0) is 69.8 Å². The van der Waals surface area contributed by atoms with E-state index in [1.165, 1.54) is 24.8 Å². The van der Waals surface area contributed by atoms with Crippen molar-refractivity contribution in [3.8, 4) is 17.6 Å². The molecule has 3 atom stereocenters. The molecule has 2 heterocycles. The second-order valence-electron chi connectivity index (χ2n) is 9.15. The molecule has 0 saturated carbocycles. The first kappa shape index (κ1) is 21.6. The minimum absolute atomic E-state index is 0.0938. The fraction of sp³-hybridized carbons (Fsp3) is 0.519. The second kappa shape index (κ2) is 10.1. The van der Waals surface area contributed by atoms with Crippen molar-refractivity contribution >= 4 is 5.69 Å². The lowest BCUT2D eigenvalue weighted by atomic mass is 9.79. The number of aromatic hydroxyl groups is 1. The number of nitrogens with zero attached hydrogens (tertiary/aromatic N) is 2. The monoisotopic (exact) mass is 418 g/mol. The van der Waals surface area contributed by atoms with E-state index in [9.17, 15) is 5.11 Å². The summed E-state index contributed by atoms with van der Waals surface area (Å²) in [5, 5.41) is 20.0. The highest BCUT2D eigenvalue weighted by Crippen LogP contribution is 2.49. The summed E-state index contributed by atoms with van der Waals surface area (Å²) in [6.45, 7) is 3.15. The van der Waals surface area contributed by atoms with Crippen molar-refractivity contribution < 1.29 is 9.84 Å². The van der Waals surface area contributed by atoms with E-state index in [4.69, 9.17) is 10.00 Å². The molecule has 2 aromatic rings. The van der Waals surface area contributed by atoms with Crippen LogP contribution in [0.25, 0.3) is 0 Å². The molecule has 0 spiro atoms. The highest BCUT2D eigenvalue weighted by molar-refractivity contribution is 5.66. The number of piperidine rings is 1. The first-order chi connectivity index (χ1) is 15.2. The van der Waals surface area contributed by atoms with Crippen LogP contribution in [0.3, 0.4) is 0 Å². The number of hydrogen-bond acceptors (Lipinski definition) is 4. The third kappa shape index (κ3) is 5.15. The number of hydrogen-bond donors (Lipinski definition) is 1. The average molecular weight is 419 g/mol. The Kier molecular flexibility index (Phi) is 7.02. The van der Waals surface area contributed by atoms with Gasteiger partial charge in [-0.1, -0.05) is 30.3 Å². The Labute approximate surface area is 186 Å². The molecule has 0 amide bonds. The average Bonchev–Trinajstić information content (AvgIpc) is 2.78. The minimum Gasteiger partial charge on any atom is -0.507 e. The van der Waals surface area contributed by atoms with Crippen LogP contribution in [0.2, 0.25) is 0 Å². The molecule has 4 nitrogen and oxygen atoms in total. The number of ether oxygens (including phenoxy) is 1. The smallest absolute Gasteiger partial charge is 0.125 e. The SMILES string of the molecule is CC(CCCc1ccccc1)Oc1cc(O)c2c(c1)N1CCCCC1CC2CCC#N. The maximum atomic E-state index is 10.9. The molecule has 1 N–H and O–H groups in total. The zero-order chi connectivity index (χ0) is 21.6. The van der Waals surface area contributed by atoms with Crippen molar-refractivity contribution in [2.75, 3.05) is 11.4 Å². The van der Waals surface area contributed by atoms with Crippen molar-refractivity contribution in [1.82, 2.24) is 0 Å². The van der Waals surface area contributed by atoms with Gasteiger partial charge in [-0.15, -0.1) is 0 Å². The van der Waals surface area contributed by atoms with E-state index >= 15 is 0 Å². The van der Waals surface area contributed by atoms with Gasteiger partial charge in [0.1, 0.15) is 11.5 Å². The minimum atomic E-state index is 0.0938. The van der Waals surface area contributed by atoms with E-state index in [0.29, 0.717) is 18.2 Å². The lowest BCUT2D eigenvalue weighted by Gasteiger charge is -2.45. The molecular weight excluding hydrogens is 384 g/mol. The lowest BCUT2D eigenvalue weighted by Crippen LogP contribution is -2.44. The molecule has 2 aliphatic rings. The Hall–Kier alpha value is -2.67. The van der Waals surface area contributed by atoms with Crippen molar-refractivity contribution in [2.24, 2.45) is 0 Å². The Balaban J connectivity index is 1.47. The van der Waals surface area contributed by atoms with Crippen LogP contribution in [0.1, 0.15) is 75.3 Å². The van der Waals surface area contributed by atoms with Crippen LogP contribution in [0.15, 0.2) is 42.5 Å². The van der Waals surface area contributed by atoms with Crippen molar-refractivity contribution in [3.63, 3.8) is 0 Å². The van der Waals surface area contributed by atoms with Gasteiger partial charge in [0.05, 0.1) is 12.2 Å². The van der Waals surface area contributed by atoms with Gasteiger partial charge in [0.2, 0.25) is 0 Å². The van der Waals surface area contributed by atoms with Crippen LogP contribution in [0.4, 0.5) is 5.69 Å². The zero-order valence-corrected chi connectivity index (χ0v) is 18.6. The molecule has 3 unspecified atom stereocenters. The summed E-state index contributed by atoms with van der Waals surface area (Å²) >= 11 is 0. The number of fused-ring (bicyclic) bond motifs is 3. The molecule has 31 heavy (non-hydrogen) atoms. The number of phenolic OH excluding ortho intramolecular Hbond substituents is 1. The van der Waals surface area contributed by atoms with Crippen molar-refractivity contribution in [1.29, 1.82) is 5.26 Å². The fourth-order valence-electron chi connectivity index (χ4n) is 5.36. The molecular formula is C27H34N2O2. The molecule has 0 aliphatic carbocycles. The number of aryl methyl sites for hydroxylation is 1. The summed E-state index contributed by atoms with van der Waals surface area (Å²) in [6, 6.07) is 17.3. The standard InChI is InChI=1S/C27H34N2O2/c1-20(9-7-12-21-10-3-2-4-11-21)31-24-18-25-27(26(30)19-24)22(13-8-15-28)17-23-14-5-6-16-29(23)25/h2-4,10-11,18-20,22-23,30H,5-9,12-14,16-17H2,1H3.